The van der Waals surface area contributed by atoms with Crippen molar-refractivity contribution in [2.75, 3.05) is 25.0 Å². The first kappa shape index (κ1) is 14.2. The lowest BCUT2D eigenvalue weighted by atomic mass is 10.1. The molecule has 0 saturated carbocycles. The molecule has 0 radical (unpaired) electrons. The van der Waals surface area contributed by atoms with Gasteiger partial charge in [0.15, 0.2) is 0 Å². The lowest BCUT2D eigenvalue weighted by Gasteiger charge is -2.26. The molecule has 1 heterocycles. The van der Waals surface area contributed by atoms with Gasteiger partial charge in [0.1, 0.15) is 5.82 Å². The van der Waals surface area contributed by atoms with Gasteiger partial charge in [-0.05, 0) is 42.3 Å². The molecule has 3 heteroatoms. The molecule has 0 N–H and O–H groups in total. The van der Waals surface area contributed by atoms with Crippen molar-refractivity contribution in [3.8, 4) is 0 Å². The minimum Gasteiger partial charge on any atom is -0.339 e. The van der Waals surface area contributed by atoms with Crippen LogP contribution in [-0.4, -0.2) is 25.0 Å². The molecule has 0 fully saturated rings. The summed E-state index contributed by atoms with van der Waals surface area (Å²) < 4.78 is 13.7. The van der Waals surface area contributed by atoms with Crippen LogP contribution in [0.3, 0.4) is 0 Å². The van der Waals surface area contributed by atoms with Crippen molar-refractivity contribution in [1.29, 1.82) is 0 Å². The average molecular weight is 306 g/mol. The molecule has 0 aromatic heterocycles. The van der Waals surface area contributed by atoms with E-state index in [1.54, 1.807) is 12.1 Å². The fourth-order valence-electron chi connectivity index (χ4n) is 3.40. The predicted molar refractivity (Wildman–Crippen MR) is 93.7 cm³/mol. The van der Waals surface area contributed by atoms with Crippen molar-refractivity contribution < 1.29 is 4.39 Å². The largest absolute Gasteiger partial charge is 0.339 e. The molecule has 0 saturated heterocycles. The Bertz CT molecular complexity index is 854. The first-order valence-electron chi connectivity index (χ1n) is 7.95. The summed E-state index contributed by atoms with van der Waals surface area (Å²) in [7, 11) is 2.08. The minimum atomic E-state index is -0.170. The summed E-state index contributed by atoms with van der Waals surface area (Å²) in [4.78, 5) is 4.56. The van der Waals surface area contributed by atoms with Gasteiger partial charge in [0.2, 0.25) is 0 Å². The summed E-state index contributed by atoms with van der Waals surface area (Å²) in [5, 5.41) is 2.46. The monoisotopic (exact) mass is 306 g/mol. The van der Waals surface area contributed by atoms with Crippen molar-refractivity contribution in [2.45, 2.75) is 6.54 Å². The quantitative estimate of drug-likeness (QED) is 0.650. The zero-order valence-corrected chi connectivity index (χ0v) is 13.2. The topological polar surface area (TPSA) is 6.48 Å². The third-order valence-corrected chi connectivity index (χ3v) is 4.54. The molecule has 116 valence electrons. The van der Waals surface area contributed by atoms with Crippen molar-refractivity contribution in [2.24, 2.45) is 0 Å². The van der Waals surface area contributed by atoms with E-state index in [2.05, 4.69) is 59.3 Å². The van der Waals surface area contributed by atoms with Crippen LogP contribution in [0.5, 0.6) is 0 Å². The van der Waals surface area contributed by atoms with Crippen molar-refractivity contribution in [3.63, 3.8) is 0 Å². The van der Waals surface area contributed by atoms with E-state index in [9.17, 15) is 4.39 Å². The molecule has 2 nitrogen and oxygen atoms in total. The molecule has 0 amide bonds. The van der Waals surface area contributed by atoms with Crippen LogP contribution >= 0.6 is 0 Å². The second kappa shape index (κ2) is 5.67. The Hall–Kier alpha value is -2.39. The number of rotatable bonds is 1. The molecule has 4 rings (SSSR count). The van der Waals surface area contributed by atoms with E-state index in [4.69, 9.17) is 0 Å². The number of anilines is 2. The summed E-state index contributed by atoms with van der Waals surface area (Å²) in [5.41, 5.74) is 3.33. The van der Waals surface area contributed by atoms with Crippen LogP contribution in [0.25, 0.3) is 10.8 Å². The van der Waals surface area contributed by atoms with Crippen LogP contribution < -0.4 is 4.90 Å². The maximum absolute atomic E-state index is 13.7. The molecule has 0 atom stereocenters. The highest BCUT2D eigenvalue weighted by Crippen LogP contribution is 2.35. The summed E-state index contributed by atoms with van der Waals surface area (Å²) in [6.07, 6.45) is 0. The fourth-order valence-corrected chi connectivity index (χ4v) is 3.40. The van der Waals surface area contributed by atoms with Gasteiger partial charge in [-0.25, -0.2) is 4.39 Å². The van der Waals surface area contributed by atoms with Gasteiger partial charge in [0.05, 0.1) is 0 Å². The third kappa shape index (κ3) is 2.57. The number of fused-ring (bicyclic) bond motifs is 2. The number of hydrogen-bond acceptors (Lipinski definition) is 2. The number of benzene rings is 3. The zero-order chi connectivity index (χ0) is 15.8. The molecule has 1 aliphatic rings. The fraction of sp³-hybridized carbons (Fsp3) is 0.200. The summed E-state index contributed by atoms with van der Waals surface area (Å²) in [6.45, 7) is 2.61. The van der Waals surface area contributed by atoms with E-state index in [1.807, 2.05) is 6.07 Å². The molecule has 3 aromatic rings. The number of halogens is 1. The van der Waals surface area contributed by atoms with Crippen LogP contribution in [0.4, 0.5) is 15.8 Å². The number of likely N-dealkylation sites (N-methyl/N-ethyl adjacent to an activating group) is 1. The molecule has 0 aliphatic carbocycles. The van der Waals surface area contributed by atoms with Gasteiger partial charge < -0.3 is 9.80 Å². The molecular formula is C20H19FN2. The Balaban J connectivity index is 1.91. The van der Waals surface area contributed by atoms with Crippen LogP contribution in [0.15, 0.2) is 60.7 Å². The van der Waals surface area contributed by atoms with Crippen LogP contribution in [0.2, 0.25) is 0 Å². The van der Waals surface area contributed by atoms with Gasteiger partial charge in [-0.1, -0.05) is 36.4 Å². The van der Waals surface area contributed by atoms with Gasteiger partial charge in [0, 0.05) is 36.4 Å². The van der Waals surface area contributed by atoms with Gasteiger partial charge in [-0.2, -0.15) is 0 Å². The molecule has 0 bridgehead atoms. The lowest BCUT2D eigenvalue weighted by molar-refractivity contribution is 0.343. The zero-order valence-electron chi connectivity index (χ0n) is 13.2. The van der Waals surface area contributed by atoms with Gasteiger partial charge in [0.25, 0.3) is 0 Å². The van der Waals surface area contributed by atoms with E-state index in [0.29, 0.717) is 0 Å². The second-order valence-corrected chi connectivity index (χ2v) is 6.16. The van der Waals surface area contributed by atoms with Crippen LogP contribution in [0, 0.1) is 5.82 Å². The highest BCUT2D eigenvalue weighted by atomic mass is 19.1. The van der Waals surface area contributed by atoms with Crippen LogP contribution in [-0.2, 0) is 6.54 Å². The number of nitrogens with zero attached hydrogens (tertiary/aromatic N) is 2. The molecule has 23 heavy (non-hydrogen) atoms. The molecule has 0 spiro atoms. The Morgan fingerprint density at radius 1 is 0.870 bits per heavy atom. The lowest BCUT2D eigenvalue weighted by Crippen LogP contribution is -2.26. The second-order valence-electron chi connectivity index (χ2n) is 6.16. The van der Waals surface area contributed by atoms with Gasteiger partial charge in [-0.3, -0.25) is 0 Å². The first-order valence-corrected chi connectivity index (χ1v) is 7.95. The maximum Gasteiger partial charge on any atom is 0.123 e. The van der Waals surface area contributed by atoms with E-state index in [-0.39, 0.29) is 5.82 Å². The molecule has 3 aromatic carbocycles. The van der Waals surface area contributed by atoms with Crippen molar-refractivity contribution >= 4 is 22.1 Å². The van der Waals surface area contributed by atoms with E-state index < -0.39 is 0 Å². The van der Waals surface area contributed by atoms with E-state index >= 15 is 0 Å². The van der Waals surface area contributed by atoms with Crippen LogP contribution in [0.1, 0.15) is 5.56 Å². The normalized spacial score (nSPS) is 15.5. The minimum absolute atomic E-state index is 0.170. The Morgan fingerprint density at radius 2 is 1.70 bits per heavy atom. The summed E-state index contributed by atoms with van der Waals surface area (Å²) in [5.74, 6) is -0.170. The van der Waals surface area contributed by atoms with Crippen molar-refractivity contribution in [1.82, 2.24) is 4.90 Å². The Kier molecular flexibility index (Phi) is 3.50. The maximum atomic E-state index is 13.7. The molecule has 0 unspecified atom stereocenters. The average Bonchev–Trinajstić information content (AvgIpc) is 2.72. The smallest absolute Gasteiger partial charge is 0.123 e. The van der Waals surface area contributed by atoms with Gasteiger partial charge >= 0.3 is 0 Å². The summed E-state index contributed by atoms with van der Waals surface area (Å²) >= 11 is 0. The molecular weight excluding hydrogens is 287 g/mol. The highest BCUT2D eigenvalue weighted by Gasteiger charge is 2.20. The SMILES string of the molecule is CN1CCN(c2cccc3ccccc23)c2ccc(F)cc2C1. The molecule has 1 aliphatic heterocycles. The van der Waals surface area contributed by atoms with Crippen molar-refractivity contribution in [3.05, 3.63) is 72.0 Å². The summed E-state index contributed by atoms with van der Waals surface area (Å²) in [6, 6.07) is 19.9. The standard InChI is InChI=1S/C20H19FN2/c1-22-11-12-23(19-10-9-17(21)13-16(19)14-22)20-8-4-6-15-5-2-3-7-18(15)20/h2-10,13H,11-12,14H2,1H3. The first-order chi connectivity index (χ1) is 11.2. The Labute approximate surface area is 135 Å². The van der Waals surface area contributed by atoms with E-state index in [0.717, 1.165) is 30.9 Å². The van der Waals surface area contributed by atoms with E-state index in [1.165, 1.54) is 16.5 Å². The number of hydrogen-bond donors (Lipinski definition) is 0. The highest BCUT2D eigenvalue weighted by molar-refractivity contribution is 5.96. The Morgan fingerprint density at radius 3 is 2.61 bits per heavy atom. The third-order valence-electron chi connectivity index (χ3n) is 4.54. The van der Waals surface area contributed by atoms with Gasteiger partial charge in [-0.15, -0.1) is 0 Å². The predicted octanol–water partition coefficient (Wildman–Crippen LogP) is 4.56.